The summed E-state index contributed by atoms with van der Waals surface area (Å²) < 4.78 is 5.99. The van der Waals surface area contributed by atoms with Gasteiger partial charge in [0.25, 0.3) is 5.91 Å². The number of rotatable bonds is 26. The second-order valence-corrected chi connectivity index (χ2v) is 19.0. The van der Waals surface area contributed by atoms with Crippen LogP contribution in [0.1, 0.15) is 42.0 Å². The Kier molecular flexibility index (Phi) is 19.9. The van der Waals surface area contributed by atoms with Gasteiger partial charge in [-0.05, 0) is 102 Å². The van der Waals surface area contributed by atoms with E-state index in [0.29, 0.717) is 46.9 Å². The molecule has 0 bridgehead atoms. The van der Waals surface area contributed by atoms with Crippen LogP contribution < -0.4 is 48.1 Å². The number of guanidine groups is 1. The number of halogens is 1. The maximum absolute atomic E-state index is 15.1. The topological polar surface area (TPSA) is 289 Å². The number of fused-ring (bicyclic) bond motifs is 2. The fraction of sp³-hybridized carbons (Fsp3) is 0.259. The number of aldehydes is 1. The second kappa shape index (κ2) is 27.3. The number of carbonyl (C=O) groups excluding carboxylic acids is 6. The minimum atomic E-state index is -1.66. The third kappa shape index (κ3) is 15.7. The van der Waals surface area contributed by atoms with E-state index in [1.165, 1.54) is 11.8 Å². The van der Waals surface area contributed by atoms with Crippen LogP contribution in [0.15, 0.2) is 157 Å². The van der Waals surface area contributed by atoms with Crippen LogP contribution in [0.4, 0.5) is 5.69 Å². The van der Waals surface area contributed by atoms with Crippen LogP contribution in [0.5, 0.6) is 5.75 Å². The Labute approximate surface area is 450 Å². The average Bonchev–Trinajstić information content (AvgIpc) is 3.85. The summed E-state index contributed by atoms with van der Waals surface area (Å²) in [5.74, 6) is -3.43. The van der Waals surface area contributed by atoms with E-state index in [-0.39, 0.29) is 38.2 Å². The average molecular weight is 1060 g/mol. The molecule has 7 rings (SSSR count). The third-order valence-electron chi connectivity index (χ3n) is 12.9. The number of para-hydroxylation sites is 1. The number of nitrogens with one attached hydrogen (secondary N) is 5. The number of hydrogen-bond acceptors (Lipinski definition) is 10. The lowest BCUT2D eigenvalue weighted by atomic mass is 10.0. The van der Waals surface area contributed by atoms with Crippen LogP contribution in [-0.2, 0) is 54.6 Å². The number of benzene rings is 6. The van der Waals surface area contributed by atoms with Crippen molar-refractivity contribution < 1.29 is 38.6 Å². The zero-order valence-corrected chi connectivity index (χ0v) is 43.2. The highest BCUT2D eigenvalue weighted by molar-refractivity contribution is 6.30. The van der Waals surface area contributed by atoms with Crippen LogP contribution >= 0.6 is 11.6 Å². The summed E-state index contributed by atoms with van der Waals surface area (Å²) in [6, 6.07) is 36.0. The molecule has 0 unspecified atom stereocenters. The van der Waals surface area contributed by atoms with Gasteiger partial charge in [0.05, 0.1) is 18.7 Å². The van der Waals surface area contributed by atoms with Crippen LogP contribution in [0, 0.1) is 0 Å². The Morgan fingerprint density at radius 2 is 1.35 bits per heavy atom. The van der Waals surface area contributed by atoms with Crippen LogP contribution in [0.3, 0.4) is 0 Å². The predicted molar refractivity (Wildman–Crippen MR) is 298 cm³/mol. The molecule has 0 aliphatic carbocycles. The molecule has 0 saturated heterocycles. The quantitative estimate of drug-likeness (QED) is 0.0157. The van der Waals surface area contributed by atoms with Crippen LogP contribution in [0.25, 0.3) is 21.7 Å². The zero-order valence-electron chi connectivity index (χ0n) is 42.4. The van der Waals surface area contributed by atoms with Crippen LogP contribution in [0.2, 0.25) is 5.02 Å². The lowest BCUT2D eigenvalue weighted by Crippen LogP contribution is -2.60. The summed E-state index contributed by atoms with van der Waals surface area (Å²) in [7, 11) is 0. The molecule has 6 atom stereocenters. The van der Waals surface area contributed by atoms with Crippen molar-refractivity contribution in [3.05, 3.63) is 179 Å². The van der Waals surface area contributed by atoms with Gasteiger partial charge in [0.15, 0.2) is 5.96 Å². The van der Waals surface area contributed by atoms with Gasteiger partial charge in [-0.1, -0.05) is 115 Å². The molecule has 77 heavy (non-hydrogen) atoms. The molecule has 0 saturated carbocycles. The van der Waals surface area contributed by atoms with Crippen molar-refractivity contribution >= 4 is 80.7 Å². The summed E-state index contributed by atoms with van der Waals surface area (Å²) in [5.41, 5.74) is 21.5. The predicted octanol–water partition coefficient (Wildman–Crippen LogP) is 4.51. The van der Waals surface area contributed by atoms with Gasteiger partial charge in [-0.25, -0.2) is 0 Å². The molecule has 18 nitrogen and oxygen atoms in total. The molecule has 19 heteroatoms. The number of ether oxygens (including phenoxy) is 1. The monoisotopic (exact) mass is 1060 g/mol. The van der Waals surface area contributed by atoms with Gasteiger partial charge in [-0.2, -0.15) is 0 Å². The molecule has 12 N–H and O–H groups in total. The van der Waals surface area contributed by atoms with Gasteiger partial charge in [0.2, 0.25) is 23.6 Å². The number of amides is 5. The number of nitrogens with zero attached hydrogens (tertiary/aromatic N) is 2. The number of aliphatic hydroxyl groups excluding tert-OH is 1. The van der Waals surface area contributed by atoms with Crippen molar-refractivity contribution in [2.24, 2.45) is 22.2 Å². The lowest BCUT2D eigenvalue weighted by molar-refractivity contribution is -0.135. The standard InChI is InChI=1S/C58H63ClN10O8/c1-36(65-54(73)48(60)29-39-17-20-40-12-5-6-13-41(40)28-39)53(72)66-50(31-42-32-64-49-16-8-7-15-47(42)49)55(74)68-52(34-71)56(75)67-51(30-37-18-25-46(26-19-37)77-35-38-10-3-2-4-11-38)57(76)69(44-23-21-43(59)22-24-44)45(33-70)14-9-27-63-58(61)62/h2-8,10-13,15-26,28,32-33,36,45,48,50-52,64,71H,9,14,27,29-31,34-35,60H2,1H3,(H,65,73)(H,66,72)(H,67,75)(H,68,74)(H4,61,62,63)/t36-,45+,48-,50+,51-,52-/m0/s1. The molecule has 0 spiro atoms. The number of hydrogen-bond donors (Lipinski definition) is 9. The molecule has 1 aromatic heterocycles. The number of aliphatic imine (C=N–C) groups is 1. The first-order valence-corrected chi connectivity index (χ1v) is 25.5. The highest BCUT2D eigenvalue weighted by atomic mass is 35.5. The minimum absolute atomic E-state index is 0.0814. The van der Waals surface area contributed by atoms with E-state index in [1.54, 1.807) is 54.7 Å². The molecule has 400 valence electrons. The van der Waals surface area contributed by atoms with Gasteiger partial charge in [-0.15, -0.1) is 0 Å². The van der Waals surface area contributed by atoms with Crippen molar-refractivity contribution in [2.75, 3.05) is 18.1 Å². The number of aromatic amines is 1. The molecule has 7 aromatic rings. The highest BCUT2D eigenvalue weighted by Gasteiger charge is 2.35. The fourth-order valence-corrected chi connectivity index (χ4v) is 8.91. The van der Waals surface area contributed by atoms with Crippen LogP contribution in [-0.4, -0.2) is 101 Å². The Balaban J connectivity index is 1.11. The molecular formula is C58H63ClN10O8. The molecule has 0 aliphatic heterocycles. The number of carbonyl (C=O) groups is 6. The summed E-state index contributed by atoms with van der Waals surface area (Å²) in [5, 5.41) is 24.7. The first-order valence-electron chi connectivity index (χ1n) is 25.1. The summed E-state index contributed by atoms with van der Waals surface area (Å²) >= 11 is 6.26. The Morgan fingerprint density at radius 3 is 2.06 bits per heavy atom. The van der Waals surface area contributed by atoms with E-state index in [2.05, 4.69) is 31.2 Å². The number of H-pyrrole nitrogens is 1. The largest absolute Gasteiger partial charge is 0.489 e. The highest BCUT2D eigenvalue weighted by Crippen LogP contribution is 2.25. The summed E-state index contributed by atoms with van der Waals surface area (Å²) in [6.07, 6.45) is 2.74. The Hall–Kier alpha value is -8.58. The van der Waals surface area contributed by atoms with Gasteiger partial charge in [0.1, 0.15) is 42.8 Å². The van der Waals surface area contributed by atoms with Gasteiger partial charge >= 0.3 is 0 Å². The molecule has 0 fully saturated rings. The summed E-state index contributed by atoms with van der Waals surface area (Å²) in [6.45, 7) is 1.00. The maximum Gasteiger partial charge on any atom is 0.250 e. The smallest absolute Gasteiger partial charge is 0.250 e. The van der Waals surface area contributed by atoms with Gasteiger partial charge in [-0.3, -0.25) is 29.0 Å². The second-order valence-electron chi connectivity index (χ2n) is 18.6. The van der Waals surface area contributed by atoms with Crippen molar-refractivity contribution in [1.29, 1.82) is 0 Å². The molecule has 1 heterocycles. The lowest BCUT2D eigenvalue weighted by Gasteiger charge is -2.33. The fourth-order valence-electron chi connectivity index (χ4n) is 8.78. The number of aliphatic hydroxyl groups is 1. The third-order valence-corrected chi connectivity index (χ3v) is 13.2. The van der Waals surface area contributed by atoms with E-state index in [1.807, 2.05) is 97.1 Å². The van der Waals surface area contributed by atoms with Gasteiger partial charge < -0.3 is 63.0 Å². The molecule has 0 aliphatic rings. The first kappa shape index (κ1) is 56.2. The Morgan fingerprint density at radius 1 is 0.701 bits per heavy atom. The minimum Gasteiger partial charge on any atom is -0.489 e. The number of anilines is 1. The van der Waals surface area contributed by atoms with Crippen molar-refractivity contribution in [1.82, 2.24) is 26.3 Å². The van der Waals surface area contributed by atoms with Gasteiger partial charge in [0, 0.05) is 47.2 Å². The SMILES string of the molecule is C[C@H](NC(=O)[C@@H](N)Cc1ccc2ccccc2c1)C(=O)N[C@H](Cc1c[nH]c2ccccc12)C(=O)N[C@@H](CO)C(=O)N[C@@H](Cc1ccc(OCc2ccccc2)cc1)C(=O)N(c1ccc(Cl)cc1)[C@@H](C=O)CCCN=C(N)N. The first-order chi connectivity index (χ1) is 37.2. The van der Waals surface area contributed by atoms with E-state index in [4.69, 9.17) is 33.5 Å². The molecular weight excluding hydrogens is 1000 g/mol. The zero-order chi connectivity index (χ0) is 54.8. The number of nitrogens with two attached hydrogens (primary N) is 3. The van der Waals surface area contributed by atoms with E-state index >= 15 is 4.79 Å². The molecule has 5 amide bonds. The molecule has 6 aromatic carbocycles. The van der Waals surface area contributed by atoms with Crippen molar-refractivity contribution in [3.8, 4) is 5.75 Å². The van der Waals surface area contributed by atoms with Crippen molar-refractivity contribution in [3.63, 3.8) is 0 Å². The maximum atomic E-state index is 15.1. The normalized spacial score (nSPS) is 13.5. The van der Waals surface area contributed by atoms with E-state index < -0.39 is 72.4 Å². The van der Waals surface area contributed by atoms with E-state index in [9.17, 15) is 29.1 Å². The van der Waals surface area contributed by atoms with E-state index in [0.717, 1.165) is 32.8 Å². The summed E-state index contributed by atoms with van der Waals surface area (Å²) in [4.78, 5) is 92.7. The van der Waals surface area contributed by atoms with Crippen molar-refractivity contribution in [2.45, 2.75) is 81.9 Å². The number of aromatic nitrogens is 1. The Bertz CT molecular complexity index is 3170. The molecule has 0 radical (unpaired) electrons.